The fraction of sp³-hybridized carbons (Fsp3) is 1.00. The Morgan fingerprint density at radius 1 is 0.524 bits per heavy atom. The monoisotopic (exact) mass is 332 g/mol. The van der Waals surface area contributed by atoms with Gasteiger partial charge in [-0.15, -0.1) is 0 Å². The lowest BCUT2D eigenvalue weighted by Gasteiger charge is -2.22. The minimum atomic E-state index is -1.32. The van der Waals surface area contributed by atoms with Crippen molar-refractivity contribution in [3.05, 3.63) is 0 Å². The topological polar surface area (TPSA) is 18.5 Å². The summed E-state index contributed by atoms with van der Waals surface area (Å²) in [5.74, 6) is 0. The standard InChI is InChI=1S/C17H40O2Si2/c1-7-18-20(3,4)16-14-12-10-9-11-13-15-17-21(5,6)19-8-2/h7-17H2,1-6H3. The highest BCUT2D eigenvalue weighted by atomic mass is 28.4. The van der Waals surface area contributed by atoms with Crippen molar-refractivity contribution in [1.82, 2.24) is 0 Å². The van der Waals surface area contributed by atoms with Crippen molar-refractivity contribution in [2.24, 2.45) is 0 Å². The lowest BCUT2D eigenvalue weighted by Crippen LogP contribution is -2.29. The summed E-state index contributed by atoms with van der Waals surface area (Å²) in [6.07, 6.45) is 9.73. The van der Waals surface area contributed by atoms with Crippen LogP contribution in [0.3, 0.4) is 0 Å². The number of rotatable bonds is 14. The molecule has 0 N–H and O–H groups in total. The molecule has 0 amide bonds. The molecule has 0 aromatic carbocycles. The van der Waals surface area contributed by atoms with Gasteiger partial charge in [-0.05, 0) is 52.1 Å². The van der Waals surface area contributed by atoms with Crippen LogP contribution in [0.4, 0.5) is 0 Å². The molecule has 0 saturated carbocycles. The summed E-state index contributed by atoms with van der Waals surface area (Å²) in [6.45, 7) is 15.4. The molecule has 0 aromatic rings. The van der Waals surface area contributed by atoms with Gasteiger partial charge in [-0.3, -0.25) is 0 Å². The molecular weight excluding hydrogens is 292 g/mol. The van der Waals surface area contributed by atoms with Crippen LogP contribution >= 0.6 is 0 Å². The fourth-order valence-electron chi connectivity index (χ4n) is 2.91. The van der Waals surface area contributed by atoms with Gasteiger partial charge in [0.2, 0.25) is 0 Å². The van der Waals surface area contributed by atoms with Crippen molar-refractivity contribution in [3.63, 3.8) is 0 Å². The Kier molecular flexibility index (Phi) is 12.1. The van der Waals surface area contributed by atoms with Crippen LogP contribution in [0.2, 0.25) is 38.3 Å². The largest absolute Gasteiger partial charge is 0.418 e. The smallest absolute Gasteiger partial charge is 0.186 e. The normalized spacial score (nSPS) is 12.9. The Labute approximate surface area is 136 Å². The zero-order chi connectivity index (χ0) is 16.2. The van der Waals surface area contributed by atoms with E-state index in [1.807, 2.05) is 0 Å². The van der Waals surface area contributed by atoms with Crippen LogP contribution in [0.5, 0.6) is 0 Å². The van der Waals surface area contributed by atoms with Crippen LogP contribution in [0.15, 0.2) is 0 Å². The average Bonchev–Trinajstić information content (AvgIpc) is 2.36. The van der Waals surface area contributed by atoms with Crippen LogP contribution < -0.4 is 0 Å². The zero-order valence-electron chi connectivity index (χ0n) is 15.6. The molecule has 0 atom stereocenters. The molecule has 0 spiro atoms. The molecule has 128 valence electrons. The lowest BCUT2D eigenvalue weighted by molar-refractivity contribution is 0.327. The minimum absolute atomic E-state index is 0.890. The first-order valence-electron chi connectivity index (χ1n) is 9.11. The highest BCUT2D eigenvalue weighted by molar-refractivity contribution is 6.71. The van der Waals surface area contributed by atoms with Gasteiger partial charge in [0.1, 0.15) is 0 Å². The van der Waals surface area contributed by atoms with Crippen molar-refractivity contribution in [1.29, 1.82) is 0 Å². The summed E-state index contributed by atoms with van der Waals surface area (Å²) < 4.78 is 11.7. The second kappa shape index (κ2) is 11.9. The average molecular weight is 333 g/mol. The molecule has 0 rings (SSSR count). The molecule has 4 heteroatoms. The maximum Gasteiger partial charge on any atom is 0.186 e. The van der Waals surface area contributed by atoms with Gasteiger partial charge in [-0.2, -0.15) is 0 Å². The Hall–Kier alpha value is 0.354. The molecule has 0 heterocycles. The van der Waals surface area contributed by atoms with E-state index in [0.717, 1.165) is 13.2 Å². The summed E-state index contributed by atoms with van der Waals surface area (Å²) in [4.78, 5) is 0. The molecule has 0 aliphatic heterocycles. The van der Waals surface area contributed by atoms with Crippen LogP contribution in [0, 0.1) is 0 Å². The van der Waals surface area contributed by atoms with Gasteiger partial charge in [-0.25, -0.2) is 0 Å². The molecule has 0 saturated heterocycles. The quantitative estimate of drug-likeness (QED) is 0.278. The fourth-order valence-corrected chi connectivity index (χ4v) is 6.97. The molecule has 0 bridgehead atoms. The van der Waals surface area contributed by atoms with Crippen LogP contribution in [-0.2, 0) is 8.85 Å². The van der Waals surface area contributed by atoms with Crippen LogP contribution in [0.1, 0.15) is 58.8 Å². The summed E-state index contributed by atoms with van der Waals surface area (Å²) in [7, 11) is -2.65. The third-order valence-corrected chi connectivity index (χ3v) is 9.38. The van der Waals surface area contributed by atoms with Gasteiger partial charge >= 0.3 is 0 Å². The minimum Gasteiger partial charge on any atom is -0.418 e. The van der Waals surface area contributed by atoms with E-state index in [4.69, 9.17) is 8.85 Å². The summed E-state index contributed by atoms with van der Waals surface area (Å²) in [5, 5.41) is 0. The maximum atomic E-state index is 5.87. The van der Waals surface area contributed by atoms with E-state index in [2.05, 4.69) is 40.0 Å². The summed E-state index contributed by atoms with van der Waals surface area (Å²) in [5.41, 5.74) is 0. The van der Waals surface area contributed by atoms with E-state index in [0.29, 0.717) is 0 Å². The van der Waals surface area contributed by atoms with Gasteiger partial charge in [0, 0.05) is 13.2 Å². The molecule has 0 radical (unpaired) electrons. The predicted molar refractivity (Wildman–Crippen MR) is 100 cm³/mol. The highest BCUT2D eigenvalue weighted by Gasteiger charge is 2.21. The summed E-state index contributed by atoms with van der Waals surface area (Å²) in [6, 6.07) is 2.66. The first kappa shape index (κ1) is 21.4. The Bertz CT molecular complexity index is 219. The van der Waals surface area contributed by atoms with Gasteiger partial charge in [0.25, 0.3) is 0 Å². The first-order chi connectivity index (χ1) is 9.83. The van der Waals surface area contributed by atoms with E-state index in [9.17, 15) is 0 Å². The van der Waals surface area contributed by atoms with Crippen molar-refractivity contribution < 1.29 is 8.85 Å². The van der Waals surface area contributed by atoms with E-state index in [-0.39, 0.29) is 0 Å². The van der Waals surface area contributed by atoms with Crippen LogP contribution in [-0.4, -0.2) is 29.8 Å². The number of unbranched alkanes of at least 4 members (excludes halogenated alkanes) is 6. The molecule has 21 heavy (non-hydrogen) atoms. The van der Waals surface area contributed by atoms with E-state index in [1.54, 1.807) is 0 Å². The summed E-state index contributed by atoms with van der Waals surface area (Å²) >= 11 is 0. The molecule has 0 aromatic heterocycles. The lowest BCUT2D eigenvalue weighted by atomic mass is 10.1. The second-order valence-electron chi connectivity index (χ2n) is 7.36. The van der Waals surface area contributed by atoms with Crippen LogP contribution in [0.25, 0.3) is 0 Å². The number of hydrogen-bond donors (Lipinski definition) is 0. The van der Waals surface area contributed by atoms with E-state index < -0.39 is 16.6 Å². The predicted octanol–water partition coefficient (Wildman–Crippen LogP) is 6.20. The van der Waals surface area contributed by atoms with Crippen molar-refractivity contribution in [2.45, 2.75) is 97.1 Å². The molecule has 0 aliphatic rings. The highest BCUT2D eigenvalue weighted by Crippen LogP contribution is 2.19. The molecule has 0 aliphatic carbocycles. The third-order valence-electron chi connectivity index (χ3n) is 4.13. The van der Waals surface area contributed by atoms with Crippen molar-refractivity contribution in [2.75, 3.05) is 13.2 Å². The maximum absolute atomic E-state index is 5.87. The Morgan fingerprint density at radius 2 is 0.810 bits per heavy atom. The van der Waals surface area contributed by atoms with E-state index in [1.165, 1.54) is 57.0 Å². The first-order valence-corrected chi connectivity index (χ1v) is 15.3. The Morgan fingerprint density at radius 3 is 1.10 bits per heavy atom. The second-order valence-corrected chi connectivity index (χ2v) is 16.0. The molecule has 0 fully saturated rings. The zero-order valence-corrected chi connectivity index (χ0v) is 17.6. The van der Waals surface area contributed by atoms with Crippen molar-refractivity contribution in [3.8, 4) is 0 Å². The van der Waals surface area contributed by atoms with Gasteiger partial charge < -0.3 is 8.85 Å². The van der Waals surface area contributed by atoms with Gasteiger partial charge in [-0.1, -0.05) is 44.9 Å². The van der Waals surface area contributed by atoms with Gasteiger partial charge in [0.15, 0.2) is 16.6 Å². The molecule has 2 nitrogen and oxygen atoms in total. The number of hydrogen-bond acceptors (Lipinski definition) is 2. The van der Waals surface area contributed by atoms with Crippen molar-refractivity contribution >= 4 is 16.6 Å². The van der Waals surface area contributed by atoms with Gasteiger partial charge in [0.05, 0.1) is 0 Å². The molecular formula is C17H40O2Si2. The Balaban J connectivity index is 3.37. The third kappa shape index (κ3) is 13.7. The van der Waals surface area contributed by atoms with E-state index >= 15 is 0 Å². The SMILES string of the molecule is CCO[Si](C)(C)CCCCCCCCC[Si](C)(C)OCC. The molecule has 0 unspecified atom stereocenters.